The van der Waals surface area contributed by atoms with Gasteiger partial charge < -0.3 is 0 Å². The minimum atomic E-state index is -3.78. The minimum absolute atomic E-state index is 0.121. The van der Waals surface area contributed by atoms with Crippen LogP contribution in [0.25, 0.3) is 10.9 Å². The molecule has 0 aliphatic heterocycles. The van der Waals surface area contributed by atoms with Crippen LogP contribution in [0.3, 0.4) is 0 Å². The van der Waals surface area contributed by atoms with Gasteiger partial charge >= 0.3 is 0 Å². The largest absolute Gasteiger partial charge is 0.255 e. The molecule has 0 spiro atoms. The molecule has 0 bridgehead atoms. The number of rotatable bonds is 3. The van der Waals surface area contributed by atoms with Crippen molar-refractivity contribution in [2.75, 3.05) is 7.05 Å². The molecule has 0 saturated heterocycles. The third kappa shape index (κ3) is 3.07. The molecule has 1 saturated carbocycles. The lowest BCUT2D eigenvalue weighted by Crippen LogP contribution is -2.41. The molecule has 23 heavy (non-hydrogen) atoms. The summed E-state index contributed by atoms with van der Waals surface area (Å²) in [6.45, 7) is 0. The zero-order valence-electron chi connectivity index (χ0n) is 12.7. The van der Waals surface area contributed by atoms with Gasteiger partial charge in [0.15, 0.2) is 0 Å². The van der Waals surface area contributed by atoms with Crippen LogP contribution in [0, 0.1) is 0 Å². The van der Waals surface area contributed by atoms with E-state index in [9.17, 15) is 17.2 Å². The zero-order valence-corrected chi connectivity index (χ0v) is 13.6. The van der Waals surface area contributed by atoms with E-state index in [1.165, 1.54) is 17.4 Å². The SMILES string of the molecule is CN(C1CCC(F)(F)CC1)S(=O)(=O)c1cccc2cccnc12. The molecular formula is C16H18F2N2O2S. The Labute approximate surface area is 134 Å². The van der Waals surface area contributed by atoms with Crippen LogP contribution in [-0.2, 0) is 10.0 Å². The Balaban J connectivity index is 1.94. The maximum Gasteiger partial charge on any atom is 0.248 e. The van der Waals surface area contributed by atoms with Gasteiger partial charge in [0, 0.05) is 37.5 Å². The van der Waals surface area contributed by atoms with Crippen molar-refractivity contribution in [1.82, 2.24) is 9.29 Å². The lowest BCUT2D eigenvalue weighted by molar-refractivity contribution is -0.0453. The molecule has 2 aromatic rings. The Morgan fingerprint density at radius 3 is 2.52 bits per heavy atom. The molecule has 1 aliphatic rings. The van der Waals surface area contributed by atoms with Crippen LogP contribution in [0.2, 0.25) is 0 Å². The molecule has 1 heterocycles. The van der Waals surface area contributed by atoms with Crippen molar-refractivity contribution < 1.29 is 17.2 Å². The minimum Gasteiger partial charge on any atom is -0.255 e. The molecule has 0 N–H and O–H groups in total. The van der Waals surface area contributed by atoms with Gasteiger partial charge in [0.25, 0.3) is 0 Å². The fraction of sp³-hybridized carbons (Fsp3) is 0.438. The first-order chi connectivity index (χ1) is 10.8. The molecule has 0 unspecified atom stereocenters. The van der Waals surface area contributed by atoms with E-state index in [0.29, 0.717) is 5.52 Å². The van der Waals surface area contributed by atoms with E-state index in [1.807, 2.05) is 0 Å². The van der Waals surface area contributed by atoms with Crippen molar-refractivity contribution in [2.24, 2.45) is 0 Å². The summed E-state index contributed by atoms with van der Waals surface area (Å²) in [4.78, 5) is 4.29. The number of pyridine rings is 1. The molecule has 0 atom stereocenters. The van der Waals surface area contributed by atoms with Crippen LogP contribution in [0.1, 0.15) is 25.7 Å². The van der Waals surface area contributed by atoms with Crippen LogP contribution in [-0.4, -0.2) is 36.7 Å². The molecule has 4 nitrogen and oxygen atoms in total. The Kier molecular flexibility index (Phi) is 4.10. The molecule has 3 rings (SSSR count). The van der Waals surface area contributed by atoms with Crippen molar-refractivity contribution in [1.29, 1.82) is 0 Å². The van der Waals surface area contributed by atoms with Crippen molar-refractivity contribution in [2.45, 2.75) is 42.5 Å². The predicted octanol–water partition coefficient (Wildman–Crippen LogP) is 3.43. The van der Waals surface area contributed by atoms with Gasteiger partial charge in [-0.25, -0.2) is 17.2 Å². The van der Waals surface area contributed by atoms with Crippen LogP contribution < -0.4 is 0 Å². The van der Waals surface area contributed by atoms with Gasteiger partial charge in [-0.1, -0.05) is 18.2 Å². The normalized spacial score (nSPS) is 19.3. The molecule has 0 radical (unpaired) electrons. The third-order valence-corrected chi connectivity index (χ3v) is 6.40. The van der Waals surface area contributed by atoms with Gasteiger partial charge in [-0.2, -0.15) is 4.31 Å². The summed E-state index contributed by atoms with van der Waals surface area (Å²) in [5.41, 5.74) is 0.406. The first-order valence-corrected chi connectivity index (χ1v) is 8.95. The zero-order chi connectivity index (χ0) is 16.7. The quantitative estimate of drug-likeness (QED) is 0.860. The van der Waals surface area contributed by atoms with Gasteiger partial charge in [-0.3, -0.25) is 4.98 Å². The fourth-order valence-electron chi connectivity index (χ4n) is 3.02. The smallest absolute Gasteiger partial charge is 0.248 e. The number of benzene rings is 1. The summed E-state index contributed by atoms with van der Waals surface area (Å²) in [6.07, 6.45) is 1.33. The Bertz CT molecular complexity index is 808. The van der Waals surface area contributed by atoms with E-state index in [1.54, 1.807) is 30.5 Å². The van der Waals surface area contributed by atoms with E-state index in [0.717, 1.165) is 5.39 Å². The van der Waals surface area contributed by atoms with Gasteiger partial charge in [0.1, 0.15) is 4.90 Å². The highest BCUT2D eigenvalue weighted by molar-refractivity contribution is 7.89. The monoisotopic (exact) mass is 340 g/mol. The number of fused-ring (bicyclic) bond motifs is 1. The maximum atomic E-state index is 13.3. The second kappa shape index (κ2) is 5.79. The number of aromatic nitrogens is 1. The number of alkyl halides is 2. The number of halogens is 2. The van der Waals surface area contributed by atoms with Crippen LogP contribution in [0.5, 0.6) is 0 Å². The number of hydrogen-bond acceptors (Lipinski definition) is 3. The Morgan fingerprint density at radius 2 is 1.83 bits per heavy atom. The van der Waals surface area contributed by atoms with E-state index in [-0.39, 0.29) is 30.6 Å². The predicted molar refractivity (Wildman–Crippen MR) is 83.9 cm³/mol. The summed E-state index contributed by atoms with van der Waals surface area (Å²) in [6, 6.07) is 8.10. The van der Waals surface area contributed by atoms with Crippen LogP contribution in [0.15, 0.2) is 41.4 Å². The maximum absolute atomic E-state index is 13.3. The summed E-state index contributed by atoms with van der Waals surface area (Å²) >= 11 is 0. The van der Waals surface area contributed by atoms with Crippen molar-refractivity contribution in [3.05, 3.63) is 36.5 Å². The average molecular weight is 340 g/mol. The highest BCUT2D eigenvalue weighted by Crippen LogP contribution is 2.36. The van der Waals surface area contributed by atoms with Crippen molar-refractivity contribution in [3.8, 4) is 0 Å². The molecule has 0 amide bonds. The van der Waals surface area contributed by atoms with Gasteiger partial charge in [-0.15, -0.1) is 0 Å². The summed E-state index contributed by atoms with van der Waals surface area (Å²) in [7, 11) is -2.31. The molecule has 7 heteroatoms. The topological polar surface area (TPSA) is 50.3 Å². The first kappa shape index (κ1) is 16.3. The van der Waals surface area contributed by atoms with Crippen LogP contribution in [0.4, 0.5) is 8.78 Å². The molecule has 1 fully saturated rings. The van der Waals surface area contributed by atoms with E-state index in [2.05, 4.69) is 4.98 Å². The Morgan fingerprint density at radius 1 is 1.17 bits per heavy atom. The number of hydrogen-bond donors (Lipinski definition) is 0. The highest BCUT2D eigenvalue weighted by atomic mass is 32.2. The number of nitrogens with zero attached hydrogens (tertiary/aromatic N) is 2. The summed E-state index contributed by atoms with van der Waals surface area (Å²) < 4.78 is 53.6. The fourth-order valence-corrected chi connectivity index (χ4v) is 4.60. The average Bonchev–Trinajstić information content (AvgIpc) is 2.53. The van der Waals surface area contributed by atoms with Crippen molar-refractivity contribution in [3.63, 3.8) is 0 Å². The third-order valence-electron chi connectivity index (χ3n) is 4.45. The highest BCUT2D eigenvalue weighted by Gasteiger charge is 2.39. The first-order valence-electron chi connectivity index (χ1n) is 7.51. The lowest BCUT2D eigenvalue weighted by Gasteiger charge is -2.33. The van der Waals surface area contributed by atoms with Gasteiger partial charge in [-0.05, 0) is 25.0 Å². The Hall–Kier alpha value is -1.60. The number of para-hydroxylation sites is 1. The summed E-state index contributed by atoms with van der Waals surface area (Å²) in [5, 5.41) is 0.733. The van der Waals surface area contributed by atoms with Gasteiger partial charge in [0.2, 0.25) is 15.9 Å². The second-order valence-electron chi connectivity index (χ2n) is 5.94. The molecular weight excluding hydrogens is 322 g/mol. The molecule has 1 aromatic carbocycles. The number of sulfonamides is 1. The molecule has 124 valence electrons. The van der Waals surface area contributed by atoms with Crippen molar-refractivity contribution >= 4 is 20.9 Å². The molecule has 1 aromatic heterocycles. The van der Waals surface area contributed by atoms with E-state index in [4.69, 9.17) is 0 Å². The second-order valence-corrected chi connectivity index (χ2v) is 7.91. The van der Waals surface area contributed by atoms with E-state index < -0.39 is 22.0 Å². The van der Waals surface area contributed by atoms with Gasteiger partial charge in [0.05, 0.1) is 5.52 Å². The van der Waals surface area contributed by atoms with Crippen LogP contribution >= 0.6 is 0 Å². The van der Waals surface area contributed by atoms with E-state index >= 15 is 0 Å². The summed E-state index contributed by atoms with van der Waals surface area (Å²) in [5.74, 6) is -2.68. The standard InChI is InChI=1S/C16H18F2N2O2S/c1-20(13-7-9-16(17,18)10-8-13)23(21,22)14-6-2-4-12-5-3-11-19-15(12)14/h2-6,11,13H,7-10H2,1H3. The lowest BCUT2D eigenvalue weighted by atomic mass is 9.92. The molecule has 1 aliphatic carbocycles.